The normalized spacial score (nSPS) is 12.4. The molecule has 0 unspecified atom stereocenters. The maximum absolute atomic E-state index is 10.1. The van der Waals surface area contributed by atoms with E-state index in [1.807, 2.05) is 30.3 Å². The molecule has 0 aliphatic rings. The van der Waals surface area contributed by atoms with Crippen molar-refractivity contribution in [3.8, 4) is 0 Å². The van der Waals surface area contributed by atoms with Crippen LogP contribution in [0, 0.1) is 0 Å². The number of hydrogen-bond acceptors (Lipinski definition) is 2. The number of nitrogen functional groups attached to an aromatic ring is 1. The number of rotatable bonds is 2. The van der Waals surface area contributed by atoms with E-state index < -0.39 is 6.10 Å². The van der Waals surface area contributed by atoms with E-state index in [9.17, 15) is 5.11 Å². The molecular weight excluding hydrogens is 222 g/mol. The van der Waals surface area contributed by atoms with Crippen LogP contribution in [0.25, 0.3) is 0 Å². The molecule has 0 heterocycles. The molecule has 0 radical (unpaired) electrons. The molecule has 2 aromatic carbocycles. The lowest BCUT2D eigenvalue weighted by atomic mass is 10.0. The minimum atomic E-state index is -0.714. The molecule has 0 bridgehead atoms. The Balaban J connectivity index is 2.38. The second-order valence-corrected chi connectivity index (χ2v) is 4.00. The number of aliphatic hydroxyl groups excluding tert-OH is 1. The van der Waals surface area contributed by atoms with Gasteiger partial charge in [0.25, 0.3) is 0 Å². The van der Waals surface area contributed by atoms with Gasteiger partial charge in [0.05, 0.1) is 0 Å². The summed E-state index contributed by atoms with van der Waals surface area (Å²) in [4.78, 5) is 0. The van der Waals surface area contributed by atoms with E-state index in [1.165, 1.54) is 0 Å². The molecule has 82 valence electrons. The Morgan fingerprint density at radius 3 is 2.38 bits per heavy atom. The Hall–Kier alpha value is -1.51. The Morgan fingerprint density at radius 2 is 1.75 bits per heavy atom. The number of nitrogens with two attached hydrogens (primary N) is 1. The van der Waals surface area contributed by atoms with E-state index in [2.05, 4.69) is 0 Å². The number of hydrogen-bond donors (Lipinski definition) is 2. The zero-order valence-electron chi connectivity index (χ0n) is 8.60. The molecular formula is C13H12ClNO. The third-order valence-corrected chi connectivity index (χ3v) is 2.76. The van der Waals surface area contributed by atoms with Crippen molar-refractivity contribution >= 4 is 17.3 Å². The summed E-state index contributed by atoms with van der Waals surface area (Å²) in [6, 6.07) is 14.5. The Labute approximate surface area is 99.3 Å². The summed E-state index contributed by atoms with van der Waals surface area (Å²) >= 11 is 6.03. The number of benzene rings is 2. The summed E-state index contributed by atoms with van der Waals surface area (Å²) in [7, 11) is 0. The third kappa shape index (κ3) is 2.18. The predicted molar refractivity (Wildman–Crippen MR) is 66.4 cm³/mol. The van der Waals surface area contributed by atoms with Crippen LogP contribution in [0.5, 0.6) is 0 Å². The maximum atomic E-state index is 10.1. The molecule has 16 heavy (non-hydrogen) atoms. The van der Waals surface area contributed by atoms with Crippen LogP contribution >= 0.6 is 11.6 Å². The van der Waals surface area contributed by atoms with Gasteiger partial charge in [-0.05, 0) is 17.7 Å². The fourth-order valence-corrected chi connectivity index (χ4v) is 1.87. The zero-order valence-corrected chi connectivity index (χ0v) is 9.35. The number of anilines is 1. The topological polar surface area (TPSA) is 46.2 Å². The van der Waals surface area contributed by atoms with Gasteiger partial charge in [0.2, 0.25) is 0 Å². The first-order valence-electron chi connectivity index (χ1n) is 4.96. The van der Waals surface area contributed by atoms with Crippen LogP contribution in [0.15, 0.2) is 48.5 Å². The Kier molecular flexibility index (Phi) is 3.13. The Morgan fingerprint density at radius 1 is 1.06 bits per heavy atom. The van der Waals surface area contributed by atoms with E-state index in [4.69, 9.17) is 17.3 Å². The molecule has 0 saturated carbocycles. The summed E-state index contributed by atoms with van der Waals surface area (Å²) in [5, 5.41) is 10.6. The highest BCUT2D eigenvalue weighted by Gasteiger charge is 2.13. The van der Waals surface area contributed by atoms with Gasteiger partial charge in [-0.3, -0.25) is 0 Å². The van der Waals surface area contributed by atoms with Gasteiger partial charge in [-0.25, -0.2) is 0 Å². The van der Waals surface area contributed by atoms with Crippen molar-refractivity contribution in [3.63, 3.8) is 0 Å². The van der Waals surface area contributed by atoms with Gasteiger partial charge in [0, 0.05) is 16.3 Å². The molecule has 0 aliphatic heterocycles. The molecule has 0 saturated heterocycles. The number of halogens is 1. The lowest BCUT2D eigenvalue weighted by molar-refractivity contribution is 0.220. The van der Waals surface area contributed by atoms with Crippen LogP contribution in [0.1, 0.15) is 17.2 Å². The van der Waals surface area contributed by atoms with Crippen molar-refractivity contribution < 1.29 is 5.11 Å². The average Bonchev–Trinajstić information content (AvgIpc) is 2.29. The van der Waals surface area contributed by atoms with E-state index in [1.54, 1.807) is 18.2 Å². The van der Waals surface area contributed by atoms with Crippen LogP contribution < -0.4 is 5.73 Å². The summed E-state index contributed by atoms with van der Waals surface area (Å²) in [6.45, 7) is 0. The van der Waals surface area contributed by atoms with Crippen molar-refractivity contribution in [2.45, 2.75) is 6.10 Å². The average molecular weight is 234 g/mol. The van der Waals surface area contributed by atoms with Crippen molar-refractivity contribution in [3.05, 3.63) is 64.7 Å². The first kappa shape index (κ1) is 11.0. The molecule has 0 spiro atoms. The van der Waals surface area contributed by atoms with Gasteiger partial charge in [0.15, 0.2) is 0 Å². The summed E-state index contributed by atoms with van der Waals surface area (Å²) in [6.07, 6.45) is -0.714. The molecule has 1 atom stereocenters. The maximum Gasteiger partial charge on any atom is 0.105 e. The quantitative estimate of drug-likeness (QED) is 0.784. The van der Waals surface area contributed by atoms with Crippen LogP contribution in [0.3, 0.4) is 0 Å². The minimum absolute atomic E-state index is 0.483. The summed E-state index contributed by atoms with van der Waals surface area (Å²) in [5.41, 5.74) is 7.67. The van der Waals surface area contributed by atoms with E-state index in [-0.39, 0.29) is 0 Å². The minimum Gasteiger partial charge on any atom is -0.399 e. The summed E-state index contributed by atoms with van der Waals surface area (Å²) in [5.74, 6) is 0. The van der Waals surface area contributed by atoms with Gasteiger partial charge in [-0.1, -0.05) is 48.0 Å². The van der Waals surface area contributed by atoms with Crippen molar-refractivity contribution in [1.82, 2.24) is 0 Å². The van der Waals surface area contributed by atoms with Gasteiger partial charge >= 0.3 is 0 Å². The third-order valence-electron chi connectivity index (χ3n) is 2.43. The lowest BCUT2D eigenvalue weighted by Crippen LogP contribution is -2.00. The fraction of sp³-hybridized carbons (Fsp3) is 0.0769. The molecule has 0 aromatic heterocycles. The highest BCUT2D eigenvalue weighted by Crippen LogP contribution is 2.29. The second-order valence-electron chi connectivity index (χ2n) is 3.59. The van der Waals surface area contributed by atoms with Gasteiger partial charge < -0.3 is 10.8 Å². The molecule has 2 nitrogen and oxygen atoms in total. The van der Waals surface area contributed by atoms with Crippen molar-refractivity contribution in [2.75, 3.05) is 5.73 Å². The molecule has 0 aliphatic carbocycles. The number of aliphatic hydroxyl groups is 1. The van der Waals surface area contributed by atoms with Crippen molar-refractivity contribution in [2.24, 2.45) is 0 Å². The highest BCUT2D eigenvalue weighted by molar-refractivity contribution is 6.31. The lowest BCUT2D eigenvalue weighted by Gasteiger charge is -2.13. The first-order chi connectivity index (χ1) is 7.68. The Bertz CT molecular complexity index is 485. The van der Waals surface area contributed by atoms with Crippen LogP contribution in [-0.2, 0) is 0 Å². The van der Waals surface area contributed by atoms with Crippen LogP contribution in [0.4, 0.5) is 5.69 Å². The molecule has 2 aromatic rings. The summed E-state index contributed by atoms with van der Waals surface area (Å²) < 4.78 is 0. The zero-order chi connectivity index (χ0) is 11.5. The van der Waals surface area contributed by atoms with E-state index in [0.717, 1.165) is 5.56 Å². The second kappa shape index (κ2) is 4.56. The van der Waals surface area contributed by atoms with Gasteiger partial charge in [-0.15, -0.1) is 0 Å². The van der Waals surface area contributed by atoms with Crippen LogP contribution in [0.2, 0.25) is 5.02 Å². The predicted octanol–water partition coefficient (Wildman–Crippen LogP) is 3.00. The standard InChI is InChI=1S/C13H12ClNO/c14-12-8-10(15)6-7-11(12)13(16)9-4-2-1-3-5-9/h1-8,13,16H,15H2/t13-/m0/s1. The molecule has 3 heteroatoms. The first-order valence-corrected chi connectivity index (χ1v) is 5.34. The SMILES string of the molecule is Nc1ccc([C@@H](O)c2ccccc2)c(Cl)c1. The molecule has 3 N–H and O–H groups in total. The fourth-order valence-electron chi connectivity index (χ4n) is 1.58. The van der Waals surface area contributed by atoms with Crippen LogP contribution in [-0.4, -0.2) is 5.11 Å². The monoisotopic (exact) mass is 233 g/mol. The van der Waals surface area contributed by atoms with E-state index >= 15 is 0 Å². The molecule has 0 fully saturated rings. The van der Waals surface area contributed by atoms with E-state index in [0.29, 0.717) is 16.3 Å². The van der Waals surface area contributed by atoms with Crippen molar-refractivity contribution in [1.29, 1.82) is 0 Å². The smallest absolute Gasteiger partial charge is 0.105 e. The van der Waals surface area contributed by atoms with Gasteiger partial charge in [-0.2, -0.15) is 0 Å². The highest BCUT2D eigenvalue weighted by atomic mass is 35.5. The van der Waals surface area contributed by atoms with Gasteiger partial charge in [0.1, 0.15) is 6.10 Å². The molecule has 2 rings (SSSR count). The largest absolute Gasteiger partial charge is 0.399 e. The molecule has 0 amide bonds.